The van der Waals surface area contributed by atoms with Crippen molar-refractivity contribution in [2.45, 2.75) is 64.0 Å². The number of carbonyl (C=O) groups excluding carboxylic acids is 1. The molecule has 3 aromatic rings. The smallest absolute Gasteiger partial charge is 0.251 e. The number of anilines is 3. The molecule has 1 aliphatic rings. The Balaban J connectivity index is 1.33. The zero-order chi connectivity index (χ0) is 27.8. The van der Waals surface area contributed by atoms with Gasteiger partial charge in [0.2, 0.25) is 5.95 Å². The molecule has 0 radical (unpaired) electrons. The lowest BCUT2D eigenvalue weighted by molar-refractivity contribution is 0.0926. The Kier molecular flexibility index (Phi) is 9.35. The molecule has 2 unspecified atom stereocenters. The first-order chi connectivity index (χ1) is 18.7. The highest BCUT2D eigenvalue weighted by atomic mass is 19.1. The van der Waals surface area contributed by atoms with Crippen LogP contribution in [0.2, 0.25) is 0 Å². The van der Waals surface area contributed by atoms with Gasteiger partial charge in [-0.05, 0) is 73.1 Å². The molecule has 8 nitrogen and oxygen atoms in total. The molecule has 1 aliphatic carbocycles. The third-order valence-electron chi connectivity index (χ3n) is 6.77. The molecule has 2 aromatic carbocycles. The van der Waals surface area contributed by atoms with Crippen LogP contribution in [0.1, 0.15) is 62.4 Å². The lowest BCUT2D eigenvalue weighted by atomic mass is 9.86. The van der Waals surface area contributed by atoms with E-state index in [1.807, 2.05) is 48.5 Å². The first kappa shape index (κ1) is 28.3. The summed E-state index contributed by atoms with van der Waals surface area (Å²) in [5.74, 6) is 0.539. The highest BCUT2D eigenvalue weighted by Crippen LogP contribution is 2.26. The van der Waals surface area contributed by atoms with E-state index in [2.05, 4.69) is 46.7 Å². The van der Waals surface area contributed by atoms with Gasteiger partial charge in [0.1, 0.15) is 12.4 Å². The van der Waals surface area contributed by atoms with Crippen molar-refractivity contribution in [2.24, 2.45) is 0 Å². The van der Waals surface area contributed by atoms with Crippen LogP contribution in [0.5, 0.6) is 5.75 Å². The van der Waals surface area contributed by atoms with Gasteiger partial charge in [-0.25, -0.2) is 9.37 Å². The second kappa shape index (κ2) is 12.9. The van der Waals surface area contributed by atoms with E-state index in [1.54, 1.807) is 7.11 Å². The van der Waals surface area contributed by atoms with Crippen molar-refractivity contribution < 1.29 is 18.7 Å². The normalized spacial score (nSPS) is 17.4. The predicted octanol–water partition coefficient (Wildman–Crippen LogP) is 5.84. The van der Waals surface area contributed by atoms with E-state index in [-0.39, 0.29) is 35.2 Å². The van der Waals surface area contributed by atoms with E-state index in [0.717, 1.165) is 36.9 Å². The van der Waals surface area contributed by atoms with Crippen molar-refractivity contribution in [2.75, 3.05) is 31.0 Å². The Morgan fingerprint density at radius 1 is 1.03 bits per heavy atom. The van der Waals surface area contributed by atoms with Crippen molar-refractivity contribution in [3.05, 3.63) is 71.7 Å². The topological polar surface area (TPSA) is 97.4 Å². The van der Waals surface area contributed by atoms with Gasteiger partial charge in [0, 0.05) is 30.4 Å². The number of aromatic nitrogens is 2. The summed E-state index contributed by atoms with van der Waals surface area (Å²) >= 11 is 0. The number of nitrogens with zero attached hydrogens (tertiary/aromatic N) is 2. The largest absolute Gasteiger partial charge is 0.491 e. The molecule has 1 saturated carbocycles. The van der Waals surface area contributed by atoms with Crippen LogP contribution in [-0.2, 0) is 10.2 Å². The van der Waals surface area contributed by atoms with Gasteiger partial charge in [-0.3, -0.25) is 4.79 Å². The zero-order valence-corrected chi connectivity index (χ0v) is 23.1. The van der Waals surface area contributed by atoms with Crippen LogP contribution in [0.4, 0.5) is 21.8 Å². The molecule has 4 rings (SSSR count). The van der Waals surface area contributed by atoms with Crippen molar-refractivity contribution in [1.29, 1.82) is 0 Å². The average Bonchev–Trinajstić information content (AvgIpc) is 2.91. The number of methoxy groups -OCH3 is 1. The summed E-state index contributed by atoms with van der Waals surface area (Å²) in [6.45, 7) is 7.42. The summed E-state index contributed by atoms with van der Waals surface area (Å²) in [7, 11) is 1.63. The van der Waals surface area contributed by atoms with Crippen molar-refractivity contribution >= 4 is 23.4 Å². The fourth-order valence-corrected chi connectivity index (χ4v) is 4.57. The quantitative estimate of drug-likeness (QED) is 0.281. The van der Waals surface area contributed by atoms with Gasteiger partial charge in [0.25, 0.3) is 5.91 Å². The minimum absolute atomic E-state index is 0.00170. The summed E-state index contributed by atoms with van der Waals surface area (Å²) < 4.78 is 25.2. The highest BCUT2D eigenvalue weighted by molar-refractivity contribution is 5.94. The molecule has 0 bridgehead atoms. The van der Waals surface area contributed by atoms with Gasteiger partial charge >= 0.3 is 0 Å². The van der Waals surface area contributed by atoms with Crippen LogP contribution < -0.4 is 20.7 Å². The number of hydrogen-bond acceptors (Lipinski definition) is 7. The maximum Gasteiger partial charge on any atom is 0.251 e. The Morgan fingerprint density at radius 3 is 2.44 bits per heavy atom. The van der Waals surface area contributed by atoms with Crippen LogP contribution in [0.25, 0.3) is 0 Å². The maximum atomic E-state index is 14.6. The Morgan fingerprint density at radius 2 is 1.74 bits per heavy atom. The molecular weight excluding hydrogens is 497 g/mol. The number of amides is 1. The first-order valence-corrected chi connectivity index (χ1v) is 13.4. The zero-order valence-electron chi connectivity index (χ0n) is 23.1. The van der Waals surface area contributed by atoms with Crippen LogP contribution in [-0.4, -0.2) is 48.3 Å². The van der Waals surface area contributed by atoms with Crippen LogP contribution in [0, 0.1) is 5.82 Å². The molecule has 0 aliphatic heterocycles. The van der Waals surface area contributed by atoms with E-state index in [0.29, 0.717) is 25.2 Å². The molecule has 2 atom stereocenters. The molecule has 1 heterocycles. The van der Waals surface area contributed by atoms with Crippen LogP contribution in [0.15, 0.2) is 54.7 Å². The fourth-order valence-electron chi connectivity index (χ4n) is 4.57. The van der Waals surface area contributed by atoms with Crippen LogP contribution >= 0.6 is 0 Å². The van der Waals surface area contributed by atoms with Gasteiger partial charge in [-0.1, -0.05) is 32.9 Å². The van der Waals surface area contributed by atoms with Gasteiger partial charge in [0.05, 0.1) is 12.8 Å². The molecule has 1 fully saturated rings. The molecule has 0 saturated heterocycles. The number of nitrogens with one attached hydrogen (secondary N) is 3. The molecule has 39 heavy (non-hydrogen) atoms. The second-order valence-electron chi connectivity index (χ2n) is 10.9. The Bertz CT molecular complexity index is 1230. The van der Waals surface area contributed by atoms with Crippen molar-refractivity contribution in [3.8, 4) is 5.75 Å². The molecule has 3 N–H and O–H groups in total. The summed E-state index contributed by atoms with van der Waals surface area (Å²) in [6.07, 6.45) is 4.51. The monoisotopic (exact) mass is 535 g/mol. The minimum atomic E-state index is -0.521. The van der Waals surface area contributed by atoms with E-state index in [4.69, 9.17) is 9.47 Å². The Hall–Kier alpha value is -3.72. The molecule has 1 aromatic heterocycles. The predicted molar refractivity (Wildman–Crippen MR) is 151 cm³/mol. The van der Waals surface area contributed by atoms with E-state index in [1.165, 1.54) is 5.56 Å². The number of carbonyl (C=O) groups is 1. The summed E-state index contributed by atoms with van der Waals surface area (Å²) in [6, 6.07) is 15.1. The SMILES string of the molecule is COCCOc1ccc(Nc2ncc(F)c(NC3CCCC(NC(=O)c4ccc(C(C)(C)C)cc4)C3)n2)cc1. The van der Waals surface area contributed by atoms with E-state index in [9.17, 15) is 9.18 Å². The third kappa shape index (κ3) is 8.13. The minimum Gasteiger partial charge on any atom is -0.491 e. The van der Waals surface area contributed by atoms with E-state index < -0.39 is 5.82 Å². The molecule has 9 heteroatoms. The molecular formula is C30H38FN5O3. The standard InChI is InChI=1S/C30H38FN5O3/c1-30(2,3)21-10-8-20(9-11-21)28(37)34-24-7-5-6-23(18-24)33-27-26(31)19-32-29(36-27)35-22-12-14-25(15-13-22)39-17-16-38-4/h8-15,19,23-24H,5-7,16-18H2,1-4H3,(H,34,37)(H2,32,33,35,36). The number of rotatable bonds is 10. The highest BCUT2D eigenvalue weighted by Gasteiger charge is 2.25. The molecule has 208 valence electrons. The molecule has 0 spiro atoms. The van der Waals surface area contributed by atoms with Crippen molar-refractivity contribution in [1.82, 2.24) is 15.3 Å². The lowest BCUT2D eigenvalue weighted by Crippen LogP contribution is -2.42. The van der Waals surface area contributed by atoms with Crippen molar-refractivity contribution in [3.63, 3.8) is 0 Å². The lowest BCUT2D eigenvalue weighted by Gasteiger charge is -2.30. The number of hydrogen-bond donors (Lipinski definition) is 3. The van der Waals surface area contributed by atoms with Gasteiger partial charge < -0.3 is 25.4 Å². The van der Waals surface area contributed by atoms with Gasteiger partial charge in [-0.2, -0.15) is 4.98 Å². The van der Waals surface area contributed by atoms with Crippen LogP contribution in [0.3, 0.4) is 0 Å². The Labute approximate surface area is 229 Å². The maximum absolute atomic E-state index is 14.6. The first-order valence-electron chi connectivity index (χ1n) is 13.4. The number of benzene rings is 2. The fraction of sp³-hybridized carbons (Fsp3) is 0.433. The van der Waals surface area contributed by atoms with Gasteiger partial charge in [-0.15, -0.1) is 0 Å². The third-order valence-corrected chi connectivity index (χ3v) is 6.77. The number of halogens is 1. The summed E-state index contributed by atoms with van der Waals surface area (Å²) in [5, 5.41) is 9.49. The average molecular weight is 536 g/mol. The van der Waals surface area contributed by atoms with E-state index >= 15 is 0 Å². The molecule has 1 amide bonds. The van der Waals surface area contributed by atoms with Gasteiger partial charge in [0.15, 0.2) is 11.6 Å². The second-order valence-corrected chi connectivity index (χ2v) is 10.9. The number of ether oxygens (including phenoxy) is 2. The summed E-state index contributed by atoms with van der Waals surface area (Å²) in [5.41, 5.74) is 2.62. The summed E-state index contributed by atoms with van der Waals surface area (Å²) in [4.78, 5) is 21.3.